The van der Waals surface area contributed by atoms with Crippen molar-refractivity contribution in [2.24, 2.45) is 0 Å². The molecule has 0 N–H and O–H groups in total. The van der Waals surface area contributed by atoms with Gasteiger partial charge in [-0.2, -0.15) is 0 Å². The normalized spacial score (nSPS) is 12.1. The lowest BCUT2D eigenvalue weighted by atomic mass is 9.77. The first-order chi connectivity index (χ1) is 50.6. The second-order valence-corrected chi connectivity index (χ2v) is 27.1. The molecule has 0 bridgehead atoms. The molecule has 0 aliphatic rings. The Hall–Kier alpha value is -13.7. The Balaban J connectivity index is 0.815. The van der Waals surface area contributed by atoms with Crippen LogP contribution in [0.2, 0.25) is 0 Å². The van der Waals surface area contributed by atoms with Gasteiger partial charge in [-0.1, -0.05) is 243 Å². The van der Waals surface area contributed by atoms with Crippen molar-refractivity contribution in [2.45, 2.75) is 0 Å². The summed E-state index contributed by atoms with van der Waals surface area (Å²) >= 11 is 0. The molecule has 22 rings (SSSR count). The van der Waals surface area contributed by atoms with Crippen molar-refractivity contribution in [2.75, 3.05) is 0 Å². The zero-order valence-corrected chi connectivity index (χ0v) is 55.2. The molecule has 18 aromatic carbocycles. The summed E-state index contributed by atoms with van der Waals surface area (Å²) in [5.41, 5.74) is 24.6. The first kappa shape index (κ1) is 56.3. The zero-order valence-electron chi connectivity index (χ0n) is 55.2. The fourth-order valence-corrected chi connectivity index (χ4v) is 17.3. The number of imidazole rings is 2. The van der Waals surface area contributed by atoms with Crippen LogP contribution in [0.4, 0.5) is 0 Å². The van der Waals surface area contributed by atoms with Crippen LogP contribution in [-0.2, 0) is 0 Å². The van der Waals surface area contributed by atoms with E-state index in [9.17, 15) is 0 Å². The summed E-state index contributed by atoms with van der Waals surface area (Å²) in [7, 11) is 0. The van der Waals surface area contributed by atoms with Crippen molar-refractivity contribution in [3.05, 3.63) is 352 Å². The van der Waals surface area contributed by atoms with Gasteiger partial charge in [-0.25, -0.2) is 9.97 Å². The maximum Gasteiger partial charge on any atom is 0.145 e. The first-order valence-corrected chi connectivity index (χ1v) is 35.0. The summed E-state index contributed by atoms with van der Waals surface area (Å²) in [5, 5.41) is 17.3. The van der Waals surface area contributed by atoms with E-state index in [2.05, 4.69) is 370 Å². The molecule has 0 radical (unpaired) electrons. The Morgan fingerprint density at radius 3 is 0.833 bits per heavy atom. The van der Waals surface area contributed by atoms with E-state index in [-0.39, 0.29) is 0 Å². The van der Waals surface area contributed by atoms with Crippen molar-refractivity contribution in [1.29, 1.82) is 0 Å². The molecule has 0 atom stereocenters. The van der Waals surface area contributed by atoms with E-state index >= 15 is 0 Å². The maximum absolute atomic E-state index is 5.32. The van der Waals surface area contributed by atoms with Gasteiger partial charge in [0.25, 0.3) is 0 Å². The average Bonchev–Trinajstić information content (AvgIpc) is 1.01. The Morgan fingerprint density at radius 2 is 0.461 bits per heavy atom. The average molecular weight is 1300 g/mol. The number of para-hydroxylation sites is 10. The van der Waals surface area contributed by atoms with Gasteiger partial charge in [-0.05, 0) is 208 Å². The van der Waals surface area contributed by atoms with E-state index in [0.717, 1.165) is 89.8 Å². The lowest BCUT2D eigenvalue weighted by Gasteiger charge is -2.26. The lowest BCUT2D eigenvalue weighted by Crippen LogP contribution is -1.99. The molecule has 22 aromatic rings. The fourth-order valence-electron chi connectivity index (χ4n) is 17.3. The monoisotopic (exact) mass is 1290 g/mol. The van der Waals surface area contributed by atoms with Crippen molar-refractivity contribution in [1.82, 2.24) is 28.2 Å². The summed E-state index contributed by atoms with van der Waals surface area (Å²) in [4.78, 5) is 10.6. The predicted molar refractivity (Wildman–Crippen MR) is 427 cm³/mol. The molecule has 4 heterocycles. The van der Waals surface area contributed by atoms with Gasteiger partial charge < -0.3 is 9.13 Å². The van der Waals surface area contributed by atoms with Crippen LogP contribution in [0.25, 0.3) is 210 Å². The summed E-state index contributed by atoms with van der Waals surface area (Å²) in [6, 6.07) is 130. The van der Waals surface area contributed by atoms with Crippen LogP contribution in [0.3, 0.4) is 0 Å². The van der Waals surface area contributed by atoms with E-state index in [1.54, 1.807) is 0 Å². The highest BCUT2D eigenvalue weighted by atomic mass is 15.1. The molecule has 0 fully saturated rings. The summed E-state index contributed by atoms with van der Waals surface area (Å²) in [6.07, 6.45) is 0. The number of benzene rings is 18. The molecule has 472 valence electrons. The minimum atomic E-state index is 0.903. The SMILES string of the molecule is c1ccc(-n2c(-c3ccc(-c4cc5c(-c6ccc(-n7c8ccccc8c8ccccc87)cc6)c6cccc7c(-c8ccc(-c9nc%10ccccc%10n9-c9ccccc9)cc8)cc8c(-c9ccc(-n%10c%11ccccc%11c%11ccccc%11%10)cc9)c9cccc4c9c5c8c76)cc3)nc3ccccc32)cc1. The highest BCUT2D eigenvalue weighted by molar-refractivity contribution is 6.44. The molecule has 4 aromatic heterocycles. The number of hydrogen-bond acceptors (Lipinski definition) is 2. The number of aromatic nitrogens is 6. The van der Waals surface area contributed by atoms with E-state index < -0.39 is 0 Å². The fraction of sp³-hybridized carbons (Fsp3) is 0. The highest BCUT2D eigenvalue weighted by Crippen LogP contribution is 2.56. The first-order valence-electron chi connectivity index (χ1n) is 35.0. The maximum atomic E-state index is 5.32. The number of nitrogens with zero attached hydrogens (tertiary/aromatic N) is 6. The summed E-state index contributed by atoms with van der Waals surface area (Å²) < 4.78 is 9.43. The molecular weight excluding hydrogens is 1240 g/mol. The third kappa shape index (κ3) is 8.23. The molecule has 0 aliphatic heterocycles. The molecular formula is C96H58N6. The Labute approximate surface area is 586 Å². The number of hydrogen-bond donors (Lipinski definition) is 0. The quantitative estimate of drug-likeness (QED) is 0.101. The van der Waals surface area contributed by atoms with Crippen molar-refractivity contribution in [3.8, 4) is 90.0 Å². The molecule has 6 heteroatoms. The topological polar surface area (TPSA) is 45.5 Å². The summed E-state index contributed by atoms with van der Waals surface area (Å²) in [5.74, 6) is 1.81. The second kappa shape index (κ2) is 21.9. The molecule has 102 heavy (non-hydrogen) atoms. The molecule has 0 spiro atoms. The van der Waals surface area contributed by atoms with Crippen LogP contribution in [0.5, 0.6) is 0 Å². The zero-order chi connectivity index (χ0) is 66.7. The van der Waals surface area contributed by atoms with Gasteiger partial charge in [0.15, 0.2) is 0 Å². The Kier molecular flexibility index (Phi) is 12.1. The van der Waals surface area contributed by atoms with Crippen LogP contribution < -0.4 is 0 Å². The van der Waals surface area contributed by atoms with Gasteiger partial charge in [0.1, 0.15) is 11.6 Å². The molecule has 0 saturated heterocycles. The molecule has 0 saturated carbocycles. The number of fused-ring (bicyclic) bond motifs is 8. The molecule has 6 nitrogen and oxygen atoms in total. The molecule has 0 amide bonds. The van der Waals surface area contributed by atoms with Crippen molar-refractivity contribution in [3.63, 3.8) is 0 Å². The molecule has 0 aliphatic carbocycles. The van der Waals surface area contributed by atoms with Crippen LogP contribution >= 0.6 is 0 Å². The van der Waals surface area contributed by atoms with Crippen molar-refractivity contribution < 1.29 is 0 Å². The summed E-state index contributed by atoms with van der Waals surface area (Å²) in [6.45, 7) is 0. The highest BCUT2D eigenvalue weighted by Gasteiger charge is 2.28. The predicted octanol–water partition coefficient (Wildman–Crippen LogP) is 25.2. The van der Waals surface area contributed by atoms with Crippen LogP contribution in [0.15, 0.2) is 352 Å². The van der Waals surface area contributed by atoms with E-state index in [0.29, 0.717) is 0 Å². The van der Waals surface area contributed by atoms with Gasteiger partial charge in [0.2, 0.25) is 0 Å². The lowest BCUT2D eigenvalue weighted by molar-refractivity contribution is 1.10. The van der Waals surface area contributed by atoms with Gasteiger partial charge in [0, 0.05) is 55.4 Å². The third-order valence-electron chi connectivity index (χ3n) is 21.7. The second-order valence-electron chi connectivity index (χ2n) is 27.1. The molecule has 0 unspecified atom stereocenters. The minimum absolute atomic E-state index is 0.903. The van der Waals surface area contributed by atoms with E-state index in [4.69, 9.17) is 9.97 Å². The Bertz CT molecular complexity index is 6580. The van der Waals surface area contributed by atoms with Crippen LogP contribution in [0.1, 0.15) is 0 Å². The van der Waals surface area contributed by atoms with Gasteiger partial charge >= 0.3 is 0 Å². The van der Waals surface area contributed by atoms with E-state index in [1.807, 2.05) is 0 Å². The standard InChI is InChI=1S/C96H58N6/c1-3-21-65(22-4-1)101-87-39-17-11-33-81(87)97-95(101)63-45-41-59(42-46-63)77-57-79-89(61-49-53-67(54-50-61)99-83-35-13-7-25-69(83)70-26-8-14-36-84(70)99)76-32-20-30-74-78(60-43-47-64(48-44-60)96-98-82-34-12-18-40-88(82)102(96)66-23-5-2-6-24-66)58-80-90(75-31-19-29-73(77)91(75)93(79)94(80)92(74)76)62-51-55-68(56-52-62)100-85-37-15-9-27-71(85)72-28-10-16-38-86(72)100/h1-58H. The Morgan fingerprint density at radius 1 is 0.176 bits per heavy atom. The minimum Gasteiger partial charge on any atom is -0.309 e. The van der Waals surface area contributed by atoms with Crippen LogP contribution in [-0.4, -0.2) is 28.2 Å². The van der Waals surface area contributed by atoms with Crippen molar-refractivity contribution >= 4 is 120 Å². The van der Waals surface area contributed by atoms with Gasteiger partial charge in [-0.3, -0.25) is 9.13 Å². The largest absolute Gasteiger partial charge is 0.309 e. The van der Waals surface area contributed by atoms with Crippen LogP contribution in [0, 0.1) is 0 Å². The van der Waals surface area contributed by atoms with E-state index in [1.165, 1.54) is 120 Å². The van der Waals surface area contributed by atoms with Gasteiger partial charge in [-0.15, -0.1) is 0 Å². The smallest absolute Gasteiger partial charge is 0.145 e. The number of rotatable bonds is 10. The van der Waals surface area contributed by atoms with Gasteiger partial charge in [0.05, 0.1) is 44.1 Å². The third-order valence-corrected chi connectivity index (χ3v) is 21.7.